The lowest BCUT2D eigenvalue weighted by atomic mass is 10.2. The molecule has 1 N–H and O–H groups in total. The lowest BCUT2D eigenvalue weighted by Crippen LogP contribution is -2.43. The van der Waals surface area contributed by atoms with Crippen molar-refractivity contribution in [2.45, 2.75) is 0 Å². The van der Waals surface area contributed by atoms with Crippen LogP contribution in [0.3, 0.4) is 0 Å². The van der Waals surface area contributed by atoms with Gasteiger partial charge in [-0.05, 0) is 36.0 Å². The Bertz CT molecular complexity index is 1150. The molecule has 1 saturated heterocycles. The van der Waals surface area contributed by atoms with Gasteiger partial charge < -0.3 is 19.1 Å². The van der Waals surface area contributed by atoms with E-state index in [0.29, 0.717) is 48.4 Å². The van der Waals surface area contributed by atoms with Crippen molar-refractivity contribution in [1.82, 2.24) is 19.8 Å². The lowest BCUT2D eigenvalue weighted by molar-refractivity contribution is -0.137. The number of hydrogen-bond donors (Lipinski definition) is 1. The molecule has 4 rings (SSSR count). The molecule has 0 spiro atoms. The first-order chi connectivity index (χ1) is 15.7. The summed E-state index contributed by atoms with van der Waals surface area (Å²) in [4.78, 5) is 14.0. The highest BCUT2D eigenvalue weighted by atomic mass is 32.1. The SMILES string of the molecule is COc1cc(/C=N/n2c(-c3ccccc3)n[nH]c2=S)ccc1OCC(=O)N1CCOCC1. The number of aromatic amines is 1. The van der Waals surface area contributed by atoms with Crippen molar-refractivity contribution < 1.29 is 19.0 Å². The zero-order valence-electron chi connectivity index (χ0n) is 17.6. The second kappa shape index (κ2) is 10.2. The summed E-state index contributed by atoms with van der Waals surface area (Å²) < 4.78 is 18.4. The van der Waals surface area contributed by atoms with Crippen LogP contribution in [-0.4, -0.2) is 71.9 Å². The van der Waals surface area contributed by atoms with E-state index in [1.807, 2.05) is 36.4 Å². The van der Waals surface area contributed by atoms with Gasteiger partial charge in [0.25, 0.3) is 5.91 Å². The lowest BCUT2D eigenvalue weighted by Gasteiger charge is -2.26. The number of aromatic nitrogens is 3. The molecule has 0 unspecified atom stereocenters. The molecule has 0 radical (unpaired) electrons. The Kier molecular flexibility index (Phi) is 6.93. The smallest absolute Gasteiger partial charge is 0.260 e. The summed E-state index contributed by atoms with van der Waals surface area (Å²) >= 11 is 5.31. The standard InChI is InChI=1S/C22H23N5O4S/c1-29-19-13-16(7-8-18(19)31-15-20(28)26-9-11-30-12-10-26)14-23-27-21(24-25-22(27)32)17-5-3-2-4-6-17/h2-8,13-14H,9-12,15H2,1H3,(H,25,32)/b23-14+. The molecule has 1 aromatic heterocycles. The number of benzene rings is 2. The predicted molar refractivity (Wildman–Crippen MR) is 122 cm³/mol. The fraction of sp³-hybridized carbons (Fsp3) is 0.273. The first-order valence-corrected chi connectivity index (χ1v) is 10.5. The summed E-state index contributed by atoms with van der Waals surface area (Å²) in [5, 5.41) is 11.5. The molecule has 1 amide bonds. The van der Waals surface area contributed by atoms with Gasteiger partial charge in [-0.25, -0.2) is 5.10 Å². The van der Waals surface area contributed by atoms with E-state index in [2.05, 4.69) is 15.3 Å². The molecule has 10 heteroatoms. The minimum absolute atomic E-state index is 0.0611. The average Bonchev–Trinajstić information content (AvgIpc) is 3.22. The molecular formula is C22H23N5O4S. The van der Waals surface area contributed by atoms with Crippen LogP contribution in [0.15, 0.2) is 53.6 Å². The number of amides is 1. The third-order valence-electron chi connectivity index (χ3n) is 4.91. The number of morpholine rings is 1. The van der Waals surface area contributed by atoms with Crippen LogP contribution in [0, 0.1) is 4.77 Å². The topological polar surface area (TPSA) is 94.0 Å². The van der Waals surface area contributed by atoms with E-state index in [-0.39, 0.29) is 12.5 Å². The van der Waals surface area contributed by atoms with Gasteiger partial charge in [0, 0.05) is 18.7 Å². The highest BCUT2D eigenvalue weighted by Gasteiger charge is 2.18. The number of H-pyrrole nitrogens is 1. The Labute approximate surface area is 190 Å². The molecule has 1 aliphatic heterocycles. The van der Waals surface area contributed by atoms with Crippen LogP contribution in [0.2, 0.25) is 0 Å². The predicted octanol–water partition coefficient (Wildman–Crippen LogP) is 2.74. The average molecular weight is 454 g/mol. The Morgan fingerprint density at radius 3 is 2.75 bits per heavy atom. The van der Waals surface area contributed by atoms with Crippen LogP contribution in [0.5, 0.6) is 11.5 Å². The van der Waals surface area contributed by atoms with Crippen LogP contribution in [0.1, 0.15) is 5.56 Å². The number of nitrogens with one attached hydrogen (secondary N) is 1. The van der Waals surface area contributed by atoms with Crippen molar-refractivity contribution in [3.63, 3.8) is 0 Å². The van der Waals surface area contributed by atoms with E-state index in [0.717, 1.165) is 11.1 Å². The molecule has 0 saturated carbocycles. The van der Waals surface area contributed by atoms with E-state index in [9.17, 15) is 4.79 Å². The van der Waals surface area contributed by atoms with Crippen molar-refractivity contribution in [1.29, 1.82) is 0 Å². The quantitative estimate of drug-likeness (QED) is 0.437. The van der Waals surface area contributed by atoms with Crippen molar-refractivity contribution in [3.05, 3.63) is 58.9 Å². The van der Waals surface area contributed by atoms with Crippen LogP contribution in [-0.2, 0) is 9.53 Å². The van der Waals surface area contributed by atoms with Crippen molar-refractivity contribution in [2.75, 3.05) is 40.0 Å². The van der Waals surface area contributed by atoms with Gasteiger partial charge in [-0.1, -0.05) is 30.3 Å². The Morgan fingerprint density at radius 2 is 2.00 bits per heavy atom. The zero-order chi connectivity index (χ0) is 22.3. The largest absolute Gasteiger partial charge is 0.493 e. The van der Waals surface area contributed by atoms with Crippen LogP contribution in [0.25, 0.3) is 11.4 Å². The second-order valence-corrected chi connectivity index (χ2v) is 7.35. The Balaban J connectivity index is 1.48. The van der Waals surface area contributed by atoms with E-state index in [1.54, 1.807) is 35.0 Å². The third-order valence-corrected chi connectivity index (χ3v) is 5.17. The summed E-state index contributed by atoms with van der Waals surface area (Å²) in [6.07, 6.45) is 1.66. The highest BCUT2D eigenvalue weighted by molar-refractivity contribution is 7.71. The number of ether oxygens (including phenoxy) is 3. The summed E-state index contributed by atoms with van der Waals surface area (Å²) in [5.74, 6) is 1.52. The van der Waals surface area contributed by atoms with Crippen LogP contribution < -0.4 is 9.47 Å². The molecule has 166 valence electrons. The molecular weight excluding hydrogens is 430 g/mol. The highest BCUT2D eigenvalue weighted by Crippen LogP contribution is 2.28. The molecule has 0 bridgehead atoms. The Morgan fingerprint density at radius 1 is 1.22 bits per heavy atom. The first kappa shape index (κ1) is 21.7. The third kappa shape index (κ3) is 5.04. The first-order valence-electron chi connectivity index (χ1n) is 10.1. The minimum atomic E-state index is -0.0798. The van der Waals surface area contributed by atoms with E-state index < -0.39 is 0 Å². The van der Waals surface area contributed by atoms with Crippen molar-refractivity contribution in [2.24, 2.45) is 5.10 Å². The molecule has 1 fully saturated rings. The Hall–Kier alpha value is -3.50. The number of methoxy groups -OCH3 is 1. The molecule has 2 heterocycles. The van der Waals surface area contributed by atoms with Crippen LogP contribution >= 0.6 is 12.2 Å². The molecule has 32 heavy (non-hydrogen) atoms. The number of rotatable bonds is 7. The molecule has 3 aromatic rings. The van der Waals surface area contributed by atoms with E-state index in [1.165, 1.54) is 0 Å². The van der Waals surface area contributed by atoms with Gasteiger partial charge in [0.05, 0.1) is 26.5 Å². The molecule has 0 atom stereocenters. The van der Waals surface area contributed by atoms with E-state index in [4.69, 9.17) is 26.4 Å². The molecule has 1 aliphatic rings. The second-order valence-electron chi connectivity index (χ2n) is 6.97. The number of nitrogens with zero attached hydrogens (tertiary/aromatic N) is 4. The molecule has 2 aromatic carbocycles. The van der Waals surface area contributed by atoms with Gasteiger partial charge in [0.2, 0.25) is 4.77 Å². The summed E-state index contributed by atoms with van der Waals surface area (Å²) in [6.45, 7) is 2.20. The molecule has 0 aliphatic carbocycles. The van der Waals surface area contributed by atoms with Crippen molar-refractivity contribution >= 4 is 24.3 Å². The maximum Gasteiger partial charge on any atom is 0.260 e. The van der Waals surface area contributed by atoms with Crippen molar-refractivity contribution in [3.8, 4) is 22.9 Å². The van der Waals surface area contributed by atoms with Gasteiger partial charge in [0.15, 0.2) is 23.9 Å². The fourth-order valence-electron chi connectivity index (χ4n) is 3.22. The summed E-state index contributed by atoms with van der Waals surface area (Å²) in [5.41, 5.74) is 1.67. The number of carbonyl (C=O) groups is 1. The van der Waals surface area contributed by atoms with Gasteiger partial charge in [-0.15, -0.1) is 0 Å². The van der Waals surface area contributed by atoms with Crippen LogP contribution in [0.4, 0.5) is 0 Å². The fourth-order valence-corrected chi connectivity index (χ4v) is 3.40. The number of hydrogen-bond acceptors (Lipinski definition) is 7. The zero-order valence-corrected chi connectivity index (χ0v) is 18.4. The summed E-state index contributed by atoms with van der Waals surface area (Å²) in [7, 11) is 1.55. The van der Waals surface area contributed by atoms with Gasteiger partial charge >= 0.3 is 0 Å². The van der Waals surface area contributed by atoms with Gasteiger partial charge in [0.1, 0.15) is 0 Å². The van der Waals surface area contributed by atoms with Gasteiger partial charge in [-0.3, -0.25) is 4.79 Å². The maximum atomic E-state index is 12.3. The minimum Gasteiger partial charge on any atom is -0.493 e. The maximum absolute atomic E-state index is 12.3. The monoisotopic (exact) mass is 453 g/mol. The van der Waals surface area contributed by atoms with Gasteiger partial charge in [-0.2, -0.15) is 14.9 Å². The summed E-state index contributed by atoms with van der Waals surface area (Å²) in [6, 6.07) is 15.0. The van der Waals surface area contributed by atoms with E-state index >= 15 is 0 Å². The molecule has 9 nitrogen and oxygen atoms in total. The number of carbonyl (C=O) groups excluding carboxylic acids is 1. The normalized spacial score (nSPS) is 14.0.